The number of nitrogens with zero attached hydrogens (tertiary/aromatic N) is 2. The van der Waals surface area contributed by atoms with Crippen LogP contribution in [0.15, 0.2) is 0 Å². The molecule has 0 N–H and O–H groups in total. The molecule has 0 radical (unpaired) electrons. The van der Waals surface area contributed by atoms with E-state index in [1.54, 1.807) is 0 Å². The van der Waals surface area contributed by atoms with Crippen molar-refractivity contribution >= 4 is 21.8 Å². The molecule has 2 aliphatic rings. The van der Waals surface area contributed by atoms with Crippen molar-refractivity contribution in [2.75, 3.05) is 0 Å². The second-order valence-corrected chi connectivity index (χ2v) is 5.06. The quantitative estimate of drug-likeness (QED) is 0.329. The van der Waals surface area contributed by atoms with E-state index in [1.807, 2.05) is 0 Å². The first-order valence-electron chi connectivity index (χ1n) is 4.57. The fourth-order valence-corrected chi connectivity index (χ4v) is 3.36. The summed E-state index contributed by atoms with van der Waals surface area (Å²) in [6.07, 6.45) is 3.27. The van der Waals surface area contributed by atoms with E-state index in [0.717, 1.165) is 25.7 Å². The molecule has 0 bridgehead atoms. The molecule has 1 heterocycles. The molecule has 5 nitrogen and oxygen atoms in total. The number of fused-ring (bicyclic) bond motifs is 1. The Morgan fingerprint density at radius 3 is 2.86 bits per heavy atom. The Balaban J connectivity index is 2.29. The fourth-order valence-electron chi connectivity index (χ4n) is 1.94. The molecule has 0 spiro atoms. The first kappa shape index (κ1) is 9.55. The zero-order valence-corrected chi connectivity index (χ0v) is 8.33. The fraction of sp³-hybridized carbons (Fsp3) is 0.750. The van der Waals surface area contributed by atoms with E-state index in [9.17, 15) is 9.00 Å². The number of hydrogen-bond donors (Lipinski definition) is 0. The third-order valence-electron chi connectivity index (χ3n) is 2.63. The van der Waals surface area contributed by atoms with Crippen molar-refractivity contribution in [2.24, 2.45) is 0 Å². The molecule has 0 amide bonds. The van der Waals surface area contributed by atoms with Gasteiger partial charge in [0.2, 0.25) is 0 Å². The van der Waals surface area contributed by atoms with Crippen LogP contribution in [0.3, 0.4) is 0 Å². The van der Waals surface area contributed by atoms with E-state index < -0.39 is 16.8 Å². The Morgan fingerprint density at radius 2 is 2.14 bits per heavy atom. The third kappa shape index (κ3) is 1.40. The minimum Gasteiger partial charge on any atom is -0.452 e. The van der Waals surface area contributed by atoms with E-state index >= 15 is 0 Å². The lowest BCUT2D eigenvalue weighted by molar-refractivity contribution is -0.146. The molecule has 3 atom stereocenters. The van der Waals surface area contributed by atoms with Gasteiger partial charge in [0.25, 0.3) is 0 Å². The van der Waals surface area contributed by atoms with Gasteiger partial charge >= 0.3 is 11.0 Å². The van der Waals surface area contributed by atoms with Crippen LogP contribution in [0.2, 0.25) is 0 Å². The highest BCUT2D eigenvalue weighted by Gasteiger charge is 2.47. The normalized spacial score (nSPS) is 37.0. The molecule has 6 heteroatoms. The van der Waals surface area contributed by atoms with Crippen LogP contribution in [0.1, 0.15) is 25.7 Å². The number of hydrogen-bond acceptors (Lipinski definition) is 3. The summed E-state index contributed by atoms with van der Waals surface area (Å²) in [5.74, 6) is -0.742. The molecule has 1 saturated heterocycles. The molecule has 1 aliphatic heterocycles. The Kier molecular flexibility index (Phi) is 2.48. The van der Waals surface area contributed by atoms with Crippen molar-refractivity contribution in [3.63, 3.8) is 0 Å². The predicted octanol–water partition coefficient (Wildman–Crippen LogP) is 0.231. The molecule has 0 aromatic carbocycles. The maximum Gasteiger partial charge on any atom is 0.463 e. The molecule has 0 unspecified atom stereocenters. The Bertz CT molecular complexity index is 348. The topological polar surface area (TPSA) is 79.8 Å². The van der Waals surface area contributed by atoms with Gasteiger partial charge in [0, 0.05) is 0 Å². The zero-order chi connectivity index (χ0) is 10.1. The lowest BCUT2D eigenvalue weighted by Gasteiger charge is -2.31. The predicted molar refractivity (Wildman–Crippen MR) is 48.9 cm³/mol. The van der Waals surface area contributed by atoms with Crippen molar-refractivity contribution in [2.45, 2.75) is 37.0 Å². The Hall–Kier alpha value is -1.00. The molecule has 14 heavy (non-hydrogen) atoms. The van der Waals surface area contributed by atoms with E-state index in [1.165, 1.54) is 0 Å². The Morgan fingerprint density at radius 1 is 1.43 bits per heavy atom. The number of ether oxygens (including phenoxy) is 1. The summed E-state index contributed by atoms with van der Waals surface area (Å²) in [5, 5.41) is -0.513. The van der Waals surface area contributed by atoms with Crippen molar-refractivity contribution in [3.8, 4) is 0 Å². The molecule has 2 rings (SSSR count). The van der Waals surface area contributed by atoms with Crippen LogP contribution < -0.4 is 0 Å². The van der Waals surface area contributed by atoms with Crippen molar-refractivity contribution in [1.82, 2.24) is 0 Å². The highest BCUT2D eigenvalue weighted by molar-refractivity contribution is 8.03. The molecule has 1 saturated carbocycles. The van der Waals surface area contributed by atoms with Crippen LogP contribution in [0.5, 0.6) is 0 Å². The summed E-state index contributed by atoms with van der Waals surface area (Å²) in [6, 6.07) is 0. The van der Waals surface area contributed by atoms with Gasteiger partial charge in [0.05, 0.1) is 5.25 Å². The first-order valence-corrected chi connectivity index (χ1v) is 5.79. The Labute approximate surface area is 83.5 Å². The molecule has 0 aromatic rings. The second-order valence-electron chi connectivity index (χ2n) is 3.47. The summed E-state index contributed by atoms with van der Waals surface area (Å²) in [4.78, 5) is 13.9. The van der Waals surface area contributed by atoms with E-state index in [4.69, 9.17) is 10.3 Å². The van der Waals surface area contributed by atoms with Gasteiger partial charge in [0.1, 0.15) is 16.9 Å². The molecule has 0 aromatic heterocycles. The largest absolute Gasteiger partial charge is 0.463 e. The third-order valence-corrected chi connectivity index (χ3v) is 4.35. The summed E-state index contributed by atoms with van der Waals surface area (Å²) < 4.78 is 16.8. The van der Waals surface area contributed by atoms with Gasteiger partial charge in [-0.1, -0.05) is 6.42 Å². The van der Waals surface area contributed by atoms with Crippen LogP contribution in [0, 0.1) is 0 Å². The smallest absolute Gasteiger partial charge is 0.452 e. The van der Waals surface area contributed by atoms with Crippen LogP contribution in [-0.2, 0) is 20.3 Å². The molecular formula is C8H10N2O3S. The average molecular weight is 214 g/mol. The van der Waals surface area contributed by atoms with Gasteiger partial charge in [-0.25, -0.2) is 9.00 Å². The standard InChI is InChI=1S/C8H10N2O3S/c9-10-7-8(11)13-5-3-1-2-4-6(5)14(7)12/h5-6H,1-4H2/t5-,6-,14-/m0/s1. The number of carbonyl (C=O) groups is 1. The molecule has 76 valence electrons. The highest BCUT2D eigenvalue weighted by atomic mass is 32.2. The highest BCUT2D eigenvalue weighted by Crippen LogP contribution is 2.28. The van der Waals surface area contributed by atoms with Crippen molar-refractivity contribution in [1.29, 1.82) is 0 Å². The monoisotopic (exact) mass is 214 g/mol. The first-order chi connectivity index (χ1) is 6.74. The lowest BCUT2D eigenvalue weighted by Crippen LogP contribution is -2.48. The minimum atomic E-state index is -1.50. The maximum atomic E-state index is 11.7. The van der Waals surface area contributed by atoms with Gasteiger partial charge in [-0.2, -0.15) is 0 Å². The van der Waals surface area contributed by atoms with E-state index in [-0.39, 0.29) is 16.4 Å². The van der Waals surface area contributed by atoms with Gasteiger partial charge in [-0.3, -0.25) is 0 Å². The van der Waals surface area contributed by atoms with Crippen molar-refractivity contribution in [3.05, 3.63) is 5.53 Å². The van der Waals surface area contributed by atoms with Gasteiger partial charge < -0.3 is 10.3 Å². The summed E-state index contributed by atoms with van der Waals surface area (Å²) in [6.45, 7) is 0. The van der Waals surface area contributed by atoms with Crippen molar-refractivity contribution < 1.29 is 18.5 Å². The summed E-state index contributed by atoms with van der Waals surface area (Å²) >= 11 is 0. The average Bonchev–Trinajstić information content (AvgIpc) is 2.18. The number of carbonyl (C=O) groups excluding carboxylic acids is 1. The van der Waals surface area contributed by atoms with Gasteiger partial charge in [-0.05, 0) is 19.3 Å². The second kappa shape index (κ2) is 3.63. The number of rotatable bonds is 0. The summed E-state index contributed by atoms with van der Waals surface area (Å²) in [5.41, 5.74) is 8.52. The SMILES string of the molecule is [N-]=[N+]=C1C(=O)O[C@H]2CCCC[C@@H]2[S@@]1=O. The number of esters is 1. The molecular weight excluding hydrogens is 204 g/mol. The molecule has 1 aliphatic carbocycles. The lowest BCUT2D eigenvalue weighted by atomic mass is 9.97. The van der Waals surface area contributed by atoms with E-state index in [2.05, 4.69) is 4.79 Å². The van der Waals surface area contributed by atoms with E-state index in [0.29, 0.717) is 0 Å². The van der Waals surface area contributed by atoms with Gasteiger partial charge in [0.15, 0.2) is 0 Å². The van der Waals surface area contributed by atoms with Gasteiger partial charge in [-0.15, -0.1) is 4.79 Å². The van der Waals surface area contributed by atoms with Crippen LogP contribution in [0.25, 0.3) is 5.53 Å². The molecule has 2 fully saturated rings. The summed E-state index contributed by atoms with van der Waals surface area (Å²) in [7, 11) is -1.50. The van der Waals surface area contributed by atoms with Crippen LogP contribution in [-0.4, -0.2) is 31.4 Å². The zero-order valence-electron chi connectivity index (χ0n) is 7.51. The minimum absolute atomic E-state index is 0.174. The van der Waals surface area contributed by atoms with Crippen LogP contribution >= 0.6 is 0 Å². The maximum absolute atomic E-state index is 11.7. The van der Waals surface area contributed by atoms with Crippen LogP contribution in [0.4, 0.5) is 0 Å².